The van der Waals surface area contributed by atoms with Crippen LogP contribution < -0.4 is 0 Å². The van der Waals surface area contributed by atoms with Gasteiger partial charge in [0.25, 0.3) is 0 Å². The first-order valence-electron chi connectivity index (χ1n) is 10.4. The van der Waals surface area contributed by atoms with E-state index < -0.39 is 0 Å². The van der Waals surface area contributed by atoms with E-state index >= 15 is 0 Å². The highest BCUT2D eigenvalue weighted by Gasteiger charge is 2.12. The molecule has 0 nitrogen and oxygen atoms in total. The molecule has 0 unspecified atom stereocenters. The van der Waals surface area contributed by atoms with Gasteiger partial charge in [0, 0.05) is 0 Å². The van der Waals surface area contributed by atoms with Crippen LogP contribution in [0.4, 0.5) is 0 Å². The molecule has 23 heavy (non-hydrogen) atoms. The van der Waals surface area contributed by atoms with E-state index in [1.54, 1.807) is 5.57 Å². The van der Waals surface area contributed by atoms with Gasteiger partial charge in [-0.05, 0) is 56.4 Å². The maximum atomic E-state index is 2.45. The monoisotopic (exact) mass is 314 g/mol. The zero-order valence-corrected chi connectivity index (χ0v) is 15.5. The summed E-state index contributed by atoms with van der Waals surface area (Å²) in [5.41, 5.74) is 3.12. The molecule has 0 aromatic rings. The first-order valence-corrected chi connectivity index (χ1v) is 10.4. The average molecular weight is 315 g/mol. The number of rotatable bonds is 9. The van der Waals surface area contributed by atoms with Gasteiger partial charge in [0.2, 0.25) is 0 Å². The van der Waals surface area contributed by atoms with Gasteiger partial charge in [-0.25, -0.2) is 0 Å². The van der Waals surface area contributed by atoms with E-state index in [4.69, 9.17) is 0 Å². The molecule has 0 aromatic heterocycles. The molecule has 0 amide bonds. The highest BCUT2D eigenvalue weighted by Crippen LogP contribution is 2.28. The van der Waals surface area contributed by atoms with Crippen molar-refractivity contribution in [3.63, 3.8) is 0 Å². The van der Waals surface area contributed by atoms with Crippen LogP contribution in [-0.4, -0.2) is 0 Å². The second-order valence-corrected chi connectivity index (χ2v) is 7.67. The van der Waals surface area contributed by atoms with Gasteiger partial charge in [-0.2, -0.15) is 0 Å². The number of hydrogen-bond acceptors (Lipinski definition) is 0. The Morgan fingerprint density at radius 2 is 1.74 bits per heavy atom. The molecule has 130 valence electrons. The van der Waals surface area contributed by atoms with E-state index in [1.807, 2.05) is 0 Å². The molecule has 0 atom stereocenters. The van der Waals surface area contributed by atoms with E-state index in [1.165, 1.54) is 95.5 Å². The molecule has 0 aliphatic heterocycles. The zero-order valence-electron chi connectivity index (χ0n) is 15.5. The summed E-state index contributed by atoms with van der Waals surface area (Å²) in [6.07, 6.45) is 30.7. The minimum absolute atomic E-state index is 1.07. The van der Waals surface area contributed by atoms with E-state index in [2.05, 4.69) is 31.2 Å². The number of hydrogen-bond donors (Lipinski definition) is 0. The molecule has 0 N–H and O–H groups in total. The van der Waals surface area contributed by atoms with E-state index in [-0.39, 0.29) is 0 Å². The van der Waals surface area contributed by atoms with Crippen LogP contribution in [0.25, 0.3) is 0 Å². The van der Waals surface area contributed by atoms with Gasteiger partial charge in [-0.15, -0.1) is 0 Å². The highest BCUT2D eigenvalue weighted by molar-refractivity contribution is 5.34. The Labute approximate surface area is 145 Å². The molecule has 2 aliphatic carbocycles. The quantitative estimate of drug-likeness (QED) is 0.299. The summed E-state index contributed by atoms with van der Waals surface area (Å²) in [5, 5.41) is 0. The summed E-state index contributed by atoms with van der Waals surface area (Å²) < 4.78 is 0. The van der Waals surface area contributed by atoms with Crippen molar-refractivity contribution in [3.05, 3.63) is 35.5 Å². The molecule has 0 bridgehead atoms. The maximum absolute atomic E-state index is 2.45. The summed E-state index contributed by atoms with van der Waals surface area (Å²) in [6.45, 7) is 2.24. The molecule has 2 saturated carbocycles. The average Bonchev–Trinajstić information content (AvgIpc) is 3.08. The van der Waals surface area contributed by atoms with Crippen molar-refractivity contribution in [2.45, 2.75) is 103 Å². The second-order valence-electron chi connectivity index (χ2n) is 7.67. The molecule has 0 heterocycles. The Kier molecular flexibility index (Phi) is 9.45. The van der Waals surface area contributed by atoms with Crippen LogP contribution in [0.2, 0.25) is 0 Å². The predicted octanol–water partition coefficient (Wildman–Crippen LogP) is 7.91. The Morgan fingerprint density at radius 1 is 0.957 bits per heavy atom. The largest absolute Gasteiger partial charge is 0.0840 e. The fraction of sp³-hybridized carbons (Fsp3) is 0.739. The Bertz CT molecular complexity index is 382. The third-order valence-electron chi connectivity index (χ3n) is 5.57. The van der Waals surface area contributed by atoms with Crippen molar-refractivity contribution in [3.8, 4) is 0 Å². The lowest BCUT2D eigenvalue weighted by molar-refractivity contribution is 0.329. The van der Waals surface area contributed by atoms with Crippen LogP contribution in [0.5, 0.6) is 0 Å². The van der Waals surface area contributed by atoms with Crippen LogP contribution >= 0.6 is 0 Å². The fourth-order valence-electron chi connectivity index (χ4n) is 4.19. The van der Waals surface area contributed by atoms with Gasteiger partial charge < -0.3 is 0 Å². The standard InChI is InChI=1S/C23H38/c1-2-13-22(20-23-18-11-12-19-23)17-8-5-3-4-7-14-21-15-9-6-10-16-21/h8,13,17,20-21H,2-7,9-12,14-16,18-19H2,1H3/b17-8-,22-13+. The topological polar surface area (TPSA) is 0 Å². The number of allylic oxidation sites excluding steroid dienone is 6. The van der Waals surface area contributed by atoms with Gasteiger partial charge in [-0.3, -0.25) is 0 Å². The summed E-state index contributed by atoms with van der Waals surface area (Å²) in [5.74, 6) is 1.07. The van der Waals surface area contributed by atoms with Crippen molar-refractivity contribution in [1.82, 2.24) is 0 Å². The third-order valence-corrected chi connectivity index (χ3v) is 5.57. The summed E-state index contributed by atoms with van der Waals surface area (Å²) >= 11 is 0. The lowest BCUT2D eigenvalue weighted by Gasteiger charge is -2.21. The Hall–Kier alpha value is -0.780. The molecule has 0 heteroatoms. The zero-order chi connectivity index (χ0) is 16.2. The van der Waals surface area contributed by atoms with Crippen LogP contribution in [0.1, 0.15) is 103 Å². The van der Waals surface area contributed by atoms with Gasteiger partial charge in [-0.1, -0.05) is 88.2 Å². The van der Waals surface area contributed by atoms with E-state index in [0.29, 0.717) is 0 Å². The molecule has 0 radical (unpaired) electrons. The molecule has 0 saturated heterocycles. The van der Waals surface area contributed by atoms with Gasteiger partial charge in [0.1, 0.15) is 0 Å². The smallest absolute Gasteiger partial charge is 0.0300 e. The summed E-state index contributed by atoms with van der Waals surface area (Å²) in [7, 11) is 0. The van der Waals surface area contributed by atoms with Gasteiger partial charge in [0.15, 0.2) is 0 Å². The van der Waals surface area contributed by atoms with Crippen LogP contribution in [0.3, 0.4) is 0 Å². The summed E-state index contributed by atoms with van der Waals surface area (Å²) in [6, 6.07) is 0. The van der Waals surface area contributed by atoms with E-state index in [9.17, 15) is 0 Å². The van der Waals surface area contributed by atoms with Gasteiger partial charge >= 0.3 is 0 Å². The lowest BCUT2D eigenvalue weighted by atomic mass is 9.85. The molecular weight excluding hydrogens is 276 g/mol. The fourth-order valence-corrected chi connectivity index (χ4v) is 4.19. The third kappa shape index (κ3) is 8.04. The Balaban J connectivity index is 1.58. The van der Waals surface area contributed by atoms with Crippen molar-refractivity contribution >= 4 is 0 Å². The minimum atomic E-state index is 1.07. The second kappa shape index (κ2) is 11.7. The molecule has 2 fully saturated rings. The normalized spacial score (nSPS) is 20.6. The van der Waals surface area contributed by atoms with Gasteiger partial charge in [0.05, 0.1) is 0 Å². The minimum Gasteiger partial charge on any atom is -0.0840 e. The van der Waals surface area contributed by atoms with Crippen molar-refractivity contribution in [2.75, 3.05) is 0 Å². The van der Waals surface area contributed by atoms with Crippen LogP contribution in [-0.2, 0) is 0 Å². The highest BCUT2D eigenvalue weighted by atomic mass is 14.2. The van der Waals surface area contributed by atoms with Crippen LogP contribution in [0.15, 0.2) is 35.5 Å². The molecular formula is C23H38. The van der Waals surface area contributed by atoms with E-state index in [0.717, 1.165) is 12.3 Å². The SMILES string of the molecule is CC/C=C(C=C1CCCC1)\C=C/CCCCCC1CCCCC1. The molecule has 0 aromatic carbocycles. The summed E-state index contributed by atoms with van der Waals surface area (Å²) in [4.78, 5) is 0. The predicted molar refractivity (Wildman–Crippen MR) is 104 cm³/mol. The lowest BCUT2D eigenvalue weighted by Crippen LogP contribution is -2.05. The van der Waals surface area contributed by atoms with Crippen molar-refractivity contribution < 1.29 is 0 Å². The van der Waals surface area contributed by atoms with Crippen molar-refractivity contribution in [1.29, 1.82) is 0 Å². The first-order chi connectivity index (χ1) is 11.4. The molecule has 2 rings (SSSR count). The molecule has 0 spiro atoms. The molecule has 2 aliphatic rings. The van der Waals surface area contributed by atoms with Crippen LogP contribution in [0, 0.1) is 5.92 Å². The Morgan fingerprint density at radius 3 is 2.48 bits per heavy atom. The number of unbranched alkanes of at least 4 members (excludes halogenated alkanes) is 3. The van der Waals surface area contributed by atoms with Crippen molar-refractivity contribution in [2.24, 2.45) is 5.92 Å². The first kappa shape index (κ1) is 18.6. The maximum Gasteiger partial charge on any atom is -0.0300 e.